The Bertz CT molecular complexity index is 624. The highest BCUT2D eigenvalue weighted by molar-refractivity contribution is 6.62. The van der Waals surface area contributed by atoms with Gasteiger partial charge >= 0.3 is 13.1 Å². The smallest absolute Gasteiger partial charge is 0.466 e. The number of esters is 1. The molecular weight excluding hydrogens is 331 g/mol. The predicted octanol–water partition coefficient (Wildman–Crippen LogP) is 2.67. The summed E-state index contributed by atoms with van der Waals surface area (Å²) in [6.07, 6.45) is 0.697. The first kappa shape index (κ1) is 19.4. The second-order valence-corrected chi connectivity index (χ2v) is 8.08. The predicted molar refractivity (Wildman–Crippen MR) is 100 cm³/mol. The van der Waals surface area contributed by atoms with Gasteiger partial charge in [0.2, 0.25) is 0 Å². The summed E-state index contributed by atoms with van der Waals surface area (Å²) in [5.41, 5.74) is 1.35. The Labute approximate surface area is 156 Å². The summed E-state index contributed by atoms with van der Waals surface area (Å²) in [5, 5.41) is 0. The van der Waals surface area contributed by atoms with E-state index in [9.17, 15) is 4.79 Å². The van der Waals surface area contributed by atoms with Crippen LogP contribution >= 0.6 is 0 Å². The first-order chi connectivity index (χ1) is 12.2. The second-order valence-electron chi connectivity index (χ2n) is 8.08. The van der Waals surface area contributed by atoms with Crippen LogP contribution in [0.1, 0.15) is 52.5 Å². The maximum Gasteiger partial charge on any atom is 0.494 e. The number of ether oxygens (including phenoxy) is 2. The Kier molecular flexibility index (Phi) is 5.47. The van der Waals surface area contributed by atoms with Crippen LogP contribution in [0.5, 0.6) is 0 Å². The minimum absolute atomic E-state index is 0.0233. The van der Waals surface area contributed by atoms with E-state index in [4.69, 9.17) is 18.8 Å². The highest BCUT2D eigenvalue weighted by atomic mass is 16.7. The Morgan fingerprint density at radius 1 is 1.15 bits per heavy atom. The molecule has 0 aliphatic carbocycles. The van der Waals surface area contributed by atoms with Crippen LogP contribution in [0.25, 0.3) is 0 Å². The van der Waals surface area contributed by atoms with E-state index in [-0.39, 0.29) is 36.1 Å². The van der Waals surface area contributed by atoms with E-state index >= 15 is 0 Å². The van der Waals surface area contributed by atoms with Gasteiger partial charge in [0, 0.05) is 12.5 Å². The lowest BCUT2D eigenvalue weighted by atomic mass is 9.76. The van der Waals surface area contributed by atoms with Crippen molar-refractivity contribution >= 4 is 18.6 Å². The van der Waals surface area contributed by atoms with E-state index in [1.807, 2.05) is 58.9 Å². The Morgan fingerprint density at radius 2 is 1.77 bits per heavy atom. The number of carbonyl (C=O) groups is 1. The molecule has 2 unspecified atom stereocenters. The van der Waals surface area contributed by atoms with Crippen molar-refractivity contribution in [2.75, 3.05) is 19.8 Å². The fourth-order valence-corrected chi connectivity index (χ4v) is 3.48. The zero-order chi connectivity index (χ0) is 18.9. The average molecular weight is 360 g/mol. The summed E-state index contributed by atoms with van der Waals surface area (Å²) in [4.78, 5) is 12.3. The van der Waals surface area contributed by atoms with Gasteiger partial charge < -0.3 is 18.8 Å². The van der Waals surface area contributed by atoms with Crippen LogP contribution in [-0.4, -0.2) is 44.1 Å². The van der Waals surface area contributed by atoms with Gasteiger partial charge in [0.25, 0.3) is 0 Å². The van der Waals surface area contributed by atoms with Crippen LogP contribution in [0, 0.1) is 5.92 Å². The molecule has 0 saturated carbocycles. The lowest BCUT2D eigenvalue weighted by molar-refractivity contribution is -0.152. The molecule has 2 fully saturated rings. The quantitative estimate of drug-likeness (QED) is 0.610. The van der Waals surface area contributed by atoms with Gasteiger partial charge in [0.1, 0.15) is 0 Å². The van der Waals surface area contributed by atoms with Gasteiger partial charge in [-0.1, -0.05) is 24.3 Å². The normalized spacial score (nSPS) is 27.3. The Hall–Kier alpha value is -1.37. The molecule has 0 aromatic heterocycles. The SMILES string of the molecule is CCOC(=O)C1CCOCC1c1ccc(B2OC(C)(C)C(C)(C)O2)cc1. The summed E-state index contributed by atoms with van der Waals surface area (Å²) in [5.74, 6) is -0.252. The third-order valence-electron chi connectivity index (χ3n) is 5.84. The number of carbonyl (C=O) groups excluding carboxylic acids is 1. The van der Waals surface area contributed by atoms with Crippen molar-refractivity contribution in [3.8, 4) is 0 Å². The van der Waals surface area contributed by atoms with E-state index in [2.05, 4.69) is 0 Å². The molecule has 1 aromatic carbocycles. The van der Waals surface area contributed by atoms with Gasteiger partial charge in [-0.05, 0) is 52.1 Å². The minimum atomic E-state index is -0.377. The third kappa shape index (κ3) is 3.68. The highest BCUT2D eigenvalue weighted by Crippen LogP contribution is 2.37. The first-order valence-corrected chi connectivity index (χ1v) is 9.45. The van der Waals surface area contributed by atoms with Gasteiger partial charge in [-0.3, -0.25) is 4.79 Å². The number of rotatable bonds is 4. The second kappa shape index (κ2) is 7.33. The largest absolute Gasteiger partial charge is 0.494 e. The zero-order valence-electron chi connectivity index (χ0n) is 16.4. The molecule has 5 nitrogen and oxygen atoms in total. The van der Waals surface area contributed by atoms with E-state index in [1.54, 1.807) is 0 Å². The van der Waals surface area contributed by atoms with Crippen molar-refractivity contribution in [3.05, 3.63) is 29.8 Å². The van der Waals surface area contributed by atoms with Crippen LogP contribution < -0.4 is 5.46 Å². The molecule has 0 amide bonds. The molecule has 1 aromatic rings. The Morgan fingerprint density at radius 3 is 2.35 bits per heavy atom. The monoisotopic (exact) mass is 360 g/mol. The first-order valence-electron chi connectivity index (χ1n) is 9.45. The van der Waals surface area contributed by atoms with Crippen LogP contribution in [0.3, 0.4) is 0 Å². The summed E-state index contributed by atoms with van der Waals surface area (Å²) in [6, 6.07) is 8.14. The molecule has 2 aliphatic heterocycles. The average Bonchev–Trinajstić information content (AvgIpc) is 2.83. The minimum Gasteiger partial charge on any atom is -0.466 e. The highest BCUT2D eigenvalue weighted by Gasteiger charge is 2.51. The fourth-order valence-electron chi connectivity index (χ4n) is 3.48. The lowest BCUT2D eigenvalue weighted by Gasteiger charge is -2.32. The topological polar surface area (TPSA) is 54.0 Å². The van der Waals surface area contributed by atoms with Gasteiger partial charge in [-0.25, -0.2) is 0 Å². The molecule has 142 valence electrons. The molecule has 0 radical (unpaired) electrons. The fraction of sp³-hybridized carbons (Fsp3) is 0.650. The Balaban J connectivity index is 1.76. The number of benzene rings is 1. The molecule has 2 saturated heterocycles. The summed E-state index contributed by atoms with van der Waals surface area (Å²) < 4.78 is 23.1. The number of hydrogen-bond acceptors (Lipinski definition) is 5. The maximum atomic E-state index is 12.3. The van der Waals surface area contributed by atoms with E-state index in [0.717, 1.165) is 11.0 Å². The van der Waals surface area contributed by atoms with Crippen molar-refractivity contribution in [1.29, 1.82) is 0 Å². The molecule has 6 heteroatoms. The molecule has 2 atom stereocenters. The third-order valence-corrected chi connectivity index (χ3v) is 5.84. The summed E-state index contributed by atoms with van der Waals surface area (Å²) in [7, 11) is -0.377. The van der Waals surface area contributed by atoms with E-state index < -0.39 is 0 Å². The van der Waals surface area contributed by atoms with Gasteiger partial charge in [0.05, 0.1) is 30.3 Å². The molecule has 0 spiro atoms. The maximum absolute atomic E-state index is 12.3. The molecular formula is C20H29BO5. The molecule has 0 N–H and O–H groups in total. The standard InChI is InChI=1S/C20H29BO5/c1-6-24-18(22)16-11-12-23-13-17(16)14-7-9-15(10-8-14)21-25-19(2,3)20(4,5)26-21/h7-10,16-17H,6,11-13H2,1-5H3. The van der Waals surface area contributed by atoms with Crippen molar-refractivity contribution in [2.45, 2.75) is 58.2 Å². The summed E-state index contributed by atoms with van der Waals surface area (Å²) >= 11 is 0. The molecule has 2 aliphatic rings. The van der Waals surface area contributed by atoms with Crippen LogP contribution in [0.4, 0.5) is 0 Å². The summed E-state index contributed by atoms with van der Waals surface area (Å²) in [6.45, 7) is 11.6. The van der Waals surface area contributed by atoms with Crippen molar-refractivity contribution in [1.82, 2.24) is 0 Å². The van der Waals surface area contributed by atoms with Crippen molar-refractivity contribution in [3.63, 3.8) is 0 Å². The molecule has 26 heavy (non-hydrogen) atoms. The molecule has 2 heterocycles. The van der Waals surface area contributed by atoms with Crippen molar-refractivity contribution < 1.29 is 23.6 Å². The van der Waals surface area contributed by atoms with Crippen LogP contribution in [0.2, 0.25) is 0 Å². The van der Waals surface area contributed by atoms with Gasteiger partial charge in [-0.2, -0.15) is 0 Å². The van der Waals surface area contributed by atoms with Gasteiger partial charge in [-0.15, -0.1) is 0 Å². The lowest BCUT2D eigenvalue weighted by Crippen LogP contribution is -2.41. The molecule has 0 bridgehead atoms. The van der Waals surface area contributed by atoms with E-state index in [0.29, 0.717) is 26.2 Å². The number of hydrogen-bond donors (Lipinski definition) is 0. The molecule has 3 rings (SSSR count). The zero-order valence-corrected chi connectivity index (χ0v) is 16.4. The van der Waals surface area contributed by atoms with Crippen molar-refractivity contribution in [2.24, 2.45) is 5.92 Å². The van der Waals surface area contributed by atoms with Crippen LogP contribution in [-0.2, 0) is 23.6 Å². The van der Waals surface area contributed by atoms with E-state index in [1.165, 1.54) is 0 Å². The van der Waals surface area contributed by atoms with Crippen LogP contribution in [0.15, 0.2) is 24.3 Å². The van der Waals surface area contributed by atoms with Gasteiger partial charge in [0.15, 0.2) is 0 Å².